The molecule has 0 saturated carbocycles. The lowest BCUT2D eigenvalue weighted by molar-refractivity contribution is -0.120. The summed E-state index contributed by atoms with van der Waals surface area (Å²) in [5.41, 5.74) is 1.12. The van der Waals surface area contributed by atoms with Crippen LogP contribution < -0.4 is 5.32 Å². The number of carbonyl (C=O) groups excluding carboxylic acids is 1. The van der Waals surface area contributed by atoms with Crippen molar-refractivity contribution in [2.24, 2.45) is 5.92 Å². The topological polar surface area (TPSA) is 52.6 Å². The van der Waals surface area contributed by atoms with Crippen molar-refractivity contribution >= 4 is 17.5 Å². The van der Waals surface area contributed by atoms with Crippen LogP contribution >= 0.6 is 11.6 Å². The van der Waals surface area contributed by atoms with Gasteiger partial charge in [-0.3, -0.25) is 9.69 Å². The van der Waals surface area contributed by atoms with E-state index in [2.05, 4.69) is 10.2 Å². The molecule has 2 heterocycles. The van der Waals surface area contributed by atoms with E-state index < -0.39 is 0 Å². The summed E-state index contributed by atoms with van der Waals surface area (Å²) < 4.78 is 0. The Labute approximate surface area is 136 Å². The van der Waals surface area contributed by atoms with Crippen LogP contribution in [0.25, 0.3) is 0 Å². The highest BCUT2D eigenvalue weighted by molar-refractivity contribution is 6.30. The molecule has 1 amide bonds. The van der Waals surface area contributed by atoms with Crippen LogP contribution in [0.2, 0.25) is 5.02 Å². The predicted molar refractivity (Wildman–Crippen MR) is 86.7 cm³/mol. The number of benzene rings is 1. The number of amides is 1. The first-order chi connectivity index (χ1) is 10.6. The molecular formula is C17H23ClN2O2. The van der Waals surface area contributed by atoms with E-state index in [0.29, 0.717) is 12.3 Å². The number of aliphatic hydroxyl groups is 1. The third-order valence-electron chi connectivity index (χ3n) is 4.83. The average Bonchev–Trinajstić information content (AvgIpc) is 2.73. The second-order valence-electron chi connectivity index (χ2n) is 6.39. The van der Waals surface area contributed by atoms with Gasteiger partial charge in [0.05, 0.1) is 12.1 Å². The molecule has 0 spiro atoms. The van der Waals surface area contributed by atoms with Crippen LogP contribution in [0.1, 0.15) is 37.3 Å². The number of hydrogen-bond donors (Lipinski definition) is 2. The molecule has 2 aliphatic rings. The molecule has 0 bridgehead atoms. The fourth-order valence-corrected chi connectivity index (χ4v) is 3.76. The van der Waals surface area contributed by atoms with Gasteiger partial charge in [0.2, 0.25) is 5.91 Å². The fourth-order valence-electron chi connectivity index (χ4n) is 3.63. The van der Waals surface area contributed by atoms with Gasteiger partial charge >= 0.3 is 0 Å². The van der Waals surface area contributed by atoms with E-state index in [4.69, 9.17) is 11.6 Å². The van der Waals surface area contributed by atoms with Crippen LogP contribution in [0.5, 0.6) is 0 Å². The maximum atomic E-state index is 11.5. The van der Waals surface area contributed by atoms with E-state index in [0.717, 1.165) is 49.5 Å². The van der Waals surface area contributed by atoms with Crippen LogP contribution in [-0.4, -0.2) is 41.7 Å². The van der Waals surface area contributed by atoms with Crippen LogP contribution in [-0.2, 0) is 4.79 Å². The lowest BCUT2D eigenvalue weighted by Crippen LogP contribution is -2.32. The number of rotatable bonds is 3. The highest BCUT2D eigenvalue weighted by atomic mass is 35.5. The first-order valence-electron chi connectivity index (χ1n) is 8.08. The number of nitrogens with one attached hydrogen (secondary N) is 1. The number of likely N-dealkylation sites (tertiary alicyclic amines) is 1. The monoisotopic (exact) mass is 322 g/mol. The van der Waals surface area contributed by atoms with Gasteiger partial charge in [0.15, 0.2) is 0 Å². The van der Waals surface area contributed by atoms with Crippen LogP contribution in [0.3, 0.4) is 0 Å². The molecule has 120 valence electrons. The lowest BCUT2D eigenvalue weighted by Gasteiger charge is -2.30. The zero-order valence-electron chi connectivity index (χ0n) is 12.7. The van der Waals surface area contributed by atoms with Crippen LogP contribution in [0.4, 0.5) is 0 Å². The fraction of sp³-hybridized carbons (Fsp3) is 0.588. The van der Waals surface area contributed by atoms with Crippen molar-refractivity contribution in [3.63, 3.8) is 0 Å². The Morgan fingerprint density at radius 1 is 1.23 bits per heavy atom. The van der Waals surface area contributed by atoms with Gasteiger partial charge in [0.1, 0.15) is 0 Å². The third-order valence-corrected chi connectivity index (χ3v) is 5.08. The van der Waals surface area contributed by atoms with Crippen molar-refractivity contribution in [3.8, 4) is 0 Å². The molecule has 3 rings (SSSR count). The molecule has 2 saturated heterocycles. The van der Waals surface area contributed by atoms with Gasteiger partial charge in [-0.05, 0) is 42.9 Å². The molecule has 22 heavy (non-hydrogen) atoms. The summed E-state index contributed by atoms with van der Waals surface area (Å²) in [6.45, 7) is 2.62. The Balaban J connectivity index is 1.69. The smallest absolute Gasteiger partial charge is 0.220 e. The summed E-state index contributed by atoms with van der Waals surface area (Å²) in [6, 6.07) is 7.83. The Morgan fingerprint density at radius 2 is 2.00 bits per heavy atom. The molecule has 2 aliphatic heterocycles. The first-order valence-corrected chi connectivity index (χ1v) is 8.45. The molecule has 5 heteroatoms. The summed E-state index contributed by atoms with van der Waals surface area (Å²) in [5.74, 6) is 0.678. The zero-order valence-corrected chi connectivity index (χ0v) is 13.4. The second kappa shape index (κ2) is 6.99. The van der Waals surface area contributed by atoms with Gasteiger partial charge < -0.3 is 10.4 Å². The molecule has 3 atom stereocenters. The summed E-state index contributed by atoms with van der Waals surface area (Å²) in [6.07, 6.45) is 3.05. The molecule has 0 radical (unpaired) electrons. The van der Waals surface area contributed by atoms with Gasteiger partial charge in [-0.15, -0.1) is 0 Å². The Morgan fingerprint density at radius 3 is 2.77 bits per heavy atom. The van der Waals surface area contributed by atoms with E-state index >= 15 is 0 Å². The van der Waals surface area contributed by atoms with Crippen molar-refractivity contribution < 1.29 is 9.90 Å². The molecule has 1 aromatic carbocycles. The molecular weight excluding hydrogens is 300 g/mol. The quantitative estimate of drug-likeness (QED) is 0.898. The average molecular weight is 323 g/mol. The van der Waals surface area contributed by atoms with Gasteiger partial charge in [-0.1, -0.05) is 23.7 Å². The number of nitrogens with zero attached hydrogens (tertiary/aromatic N) is 1. The summed E-state index contributed by atoms with van der Waals surface area (Å²) in [7, 11) is 0. The molecule has 2 N–H and O–H groups in total. The van der Waals surface area contributed by atoms with E-state index in [1.165, 1.54) is 0 Å². The Hall–Kier alpha value is -1.10. The first kappa shape index (κ1) is 15.8. The van der Waals surface area contributed by atoms with E-state index in [1.807, 2.05) is 24.3 Å². The van der Waals surface area contributed by atoms with Crippen molar-refractivity contribution in [1.29, 1.82) is 0 Å². The molecule has 0 aromatic heterocycles. The molecule has 1 aromatic rings. The minimum Gasteiger partial charge on any atom is -0.391 e. The number of aliphatic hydroxyl groups excluding tert-OH is 1. The minimum absolute atomic E-state index is 0.0455. The molecule has 0 aliphatic carbocycles. The van der Waals surface area contributed by atoms with E-state index in [9.17, 15) is 9.90 Å². The van der Waals surface area contributed by atoms with Crippen molar-refractivity contribution in [1.82, 2.24) is 10.2 Å². The van der Waals surface area contributed by atoms with Crippen molar-refractivity contribution in [2.45, 2.75) is 37.8 Å². The summed E-state index contributed by atoms with van der Waals surface area (Å²) in [4.78, 5) is 13.8. The predicted octanol–water partition coefficient (Wildman–Crippen LogP) is 2.36. The standard InChI is InChI=1S/C17H23ClN2O2/c18-14-4-2-13(3-5-14)17-15(21)8-10-20(17)11-12-1-6-16(22)19-9-7-12/h2-5,12,15,17,21H,1,6-11H2,(H,19,22)/t12?,15-,17-/m1/s1. The van der Waals surface area contributed by atoms with Gasteiger partial charge in [0, 0.05) is 31.1 Å². The summed E-state index contributed by atoms with van der Waals surface area (Å²) >= 11 is 5.96. The maximum Gasteiger partial charge on any atom is 0.220 e. The van der Waals surface area contributed by atoms with Gasteiger partial charge in [-0.2, -0.15) is 0 Å². The highest BCUT2D eigenvalue weighted by Gasteiger charge is 2.35. The Bertz CT molecular complexity index is 520. The van der Waals surface area contributed by atoms with Crippen molar-refractivity contribution in [2.75, 3.05) is 19.6 Å². The minimum atomic E-state index is -0.327. The van der Waals surface area contributed by atoms with Gasteiger partial charge in [-0.25, -0.2) is 0 Å². The zero-order chi connectivity index (χ0) is 15.5. The number of halogens is 1. The normalized spacial score (nSPS) is 30.1. The second-order valence-corrected chi connectivity index (χ2v) is 6.83. The van der Waals surface area contributed by atoms with Crippen LogP contribution in [0, 0.1) is 5.92 Å². The third kappa shape index (κ3) is 3.62. The lowest BCUT2D eigenvalue weighted by atomic mass is 9.97. The van der Waals surface area contributed by atoms with E-state index in [-0.39, 0.29) is 18.1 Å². The van der Waals surface area contributed by atoms with Gasteiger partial charge in [0.25, 0.3) is 0 Å². The molecule has 1 unspecified atom stereocenters. The molecule has 2 fully saturated rings. The largest absolute Gasteiger partial charge is 0.391 e. The molecule has 4 nitrogen and oxygen atoms in total. The highest BCUT2D eigenvalue weighted by Crippen LogP contribution is 2.34. The Kier molecular flexibility index (Phi) is 5.01. The maximum absolute atomic E-state index is 11.5. The number of carbonyl (C=O) groups is 1. The van der Waals surface area contributed by atoms with E-state index in [1.54, 1.807) is 0 Å². The van der Waals surface area contributed by atoms with Crippen molar-refractivity contribution in [3.05, 3.63) is 34.9 Å². The van der Waals surface area contributed by atoms with Crippen LogP contribution in [0.15, 0.2) is 24.3 Å². The summed E-state index contributed by atoms with van der Waals surface area (Å²) in [5, 5.41) is 14.0. The SMILES string of the molecule is O=C1CCC(CN2CC[C@@H](O)[C@H]2c2ccc(Cl)cc2)CCN1. The number of hydrogen-bond acceptors (Lipinski definition) is 3.